The van der Waals surface area contributed by atoms with Crippen LogP contribution in [0, 0.1) is 0 Å². The van der Waals surface area contributed by atoms with Gasteiger partial charge in [0.15, 0.2) is 0 Å². The van der Waals surface area contributed by atoms with Gasteiger partial charge in [-0.3, -0.25) is 4.79 Å². The van der Waals surface area contributed by atoms with Crippen LogP contribution in [0.1, 0.15) is 21.5 Å². The van der Waals surface area contributed by atoms with E-state index in [0.29, 0.717) is 36.5 Å². The van der Waals surface area contributed by atoms with Crippen molar-refractivity contribution in [2.24, 2.45) is 0 Å². The molecule has 0 spiro atoms. The van der Waals surface area contributed by atoms with Gasteiger partial charge >= 0.3 is 0 Å². The Kier molecular flexibility index (Phi) is 5.57. The van der Waals surface area contributed by atoms with Gasteiger partial charge in [-0.2, -0.15) is 4.31 Å². The molecule has 3 aromatic rings. The van der Waals surface area contributed by atoms with Gasteiger partial charge in [-0.1, -0.05) is 24.3 Å². The van der Waals surface area contributed by atoms with Gasteiger partial charge < -0.3 is 10.1 Å². The molecule has 0 aromatic heterocycles. The van der Waals surface area contributed by atoms with Gasteiger partial charge in [0.2, 0.25) is 10.0 Å². The third-order valence-electron chi connectivity index (χ3n) is 5.20. The highest BCUT2D eigenvalue weighted by Gasteiger charge is 2.28. The lowest BCUT2D eigenvalue weighted by molar-refractivity contribution is 0.102. The monoisotopic (exact) mass is 422 g/mol. The second-order valence-corrected chi connectivity index (χ2v) is 9.00. The fraction of sp³-hybridized carbons (Fsp3) is 0.174. The molecule has 0 radical (unpaired) electrons. The van der Waals surface area contributed by atoms with Crippen LogP contribution in [0.2, 0.25) is 0 Å². The molecular weight excluding hydrogens is 400 g/mol. The number of methoxy groups -OCH3 is 1. The molecule has 0 aliphatic carbocycles. The van der Waals surface area contributed by atoms with E-state index in [1.54, 1.807) is 31.4 Å². The third kappa shape index (κ3) is 4.08. The lowest BCUT2D eigenvalue weighted by atomic mass is 10.0. The molecule has 0 saturated heterocycles. The Hall–Kier alpha value is -3.16. The Morgan fingerprint density at radius 3 is 2.27 bits per heavy atom. The molecule has 154 valence electrons. The molecule has 1 aliphatic rings. The van der Waals surface area contributed by atoms with Gasteiger partial charge in [-0.15, -0.1) is 0 Å². The summed E-state index contributed by atoms with van der Waals surface area (Å²) in [6, 6.07) is 20.9. The number of sulfonamides is 1. The molecule has 1 heterocycles. The van der Waals surface area contributed by atoms with E-state index in [2.05, 4.69) is 5.32 Å². The molecule has 30 heavy (non-hydrogen) atoms. The molecule has 1 N–H and O–H groups in total. The van der Waals surface area contributed by atoms with Gasteiger partial charge in [0.1, 0.15) is 5.75 Å². The zero-order valence-electron chi connectivity index (χ0n) is 16.5. The summed E-state index contributed by atoms with van der Waals surface area (Å²) in [5, 5.41) is 2.79. The van der Waals surface area contributed by atoms with Crippen LogP contribution in [0.3, 0.4) is 0 Å². The number of fused-ring (bicyclic) bond motifs is 1. The predicted octanol–water partition coefficient (Wildman–Crippen LogP) is 3.69. The first-order valence-corrected chi connectivity index (χ1v) is 11.0. The van der Waals surface area contributed by atoms with Crippen LogP contribution in [-0.2, 0) is 23.0 Å². The number of anilines is 1. The van der Waals surface area contributed by atoms with E-state index < -0.39 is 10.0 Å². The van der Waals surface area contributed by atoms with Crippen LogP contribution in [0.5, 0.6) is 5.75 Å². The molecular formula is C23H22N2O4S. The van der Waals surface area contributed by atoms with Gasteiger partial charge in [0.25, 0.3) is 5.91 Å². The van der Waals surface area contributed by atoms with Gasteiger partial charge in [0, 0.05) is 24.3 Å². The SMILES string of the molecule is COc1ccc(NC(=O)c2ccc(S(=O)(=O)N3CCc4ccccc4C3)cc2)cc1. The summed E-state index contributed by atoms with van der Waals surface area (Å²) in [5.41, 5.74) is 3.23. The highest BCUT2D eigenvalue weighted by Crippen LogP contribution is 2.25. The summed E-state index contributed by atoms with van der Waals surface area (Å²) in [6.07, 6.45) is 0.692. The van der Waals surface area contributed by atoms with E-state index in [1.165, 1.54) is 34.1 Å². The van der Waals surface area contributed by atoms with Crippen molar-refractivity contribution in [3.63, 3.8) is 0 Å². The minimum absolute atomic E-state index is 0.183. The van der Waals surface area contributed by atoms with Crippen molar-refractivity contribution in [2.45, 2.75) is 17.9 Å². The maximum absolute atomic E-state index is 13.0. The first-order chi connectivity index (χ1) is 14.5. The third-order valence-corrected chi connectivity index (χ3v) is 7.06. The Morgan fingerprint density at radius 1 is 0.933 bits per heavy atom. The zero-order valence-corrected chi connectivity index (χ0v) is 17.4. The number of benzene rings is 3. The molecule has 0 unspecified atom stereocenters. The van der Waals surface area contributed by atoms with Crippen LogP contribution in [-0.4, -0.2) is 32.3 Å². The van der Waals surface area contributed by atoms with Crippen LogP contribution in [0.4, 0.5) is 5.69 Å². The van der Waals surface area contributed by atoms with Gasteiger partial charge in [0.05, 0.1) is 12.0 Å². The number of amides is 1. The van der Waals surface area contributed by atoms with E-state index in [4.69, 9.17) is 4.74 Å². The average molecular weight is 423 g/mol. The Labute approximate surface area is 176 Å². The molecule has 4 rings (SSSR count). The number of carbonyl (C=O) groups is 1. The molecule has 1 aliphatic heterocycles. The molecule has 0 fully saturated rings. The molecule has 3 aromatic carbocycles. The minimum atomic E-state index is -3.63. The first kappa shape index (κ1) is 20.1. The zero-order chi connectivity index (χ0) is 21.1. The van der Waals surface area contributed by atoms with E-state index in [9.17, 15) is 13.2 Å². The summed E-state index contributed by atoms with van der Waals surface area (Å²) in [4.78, 5) is 12.6. The Morgan fingerprint density at radius 2 is 1.60 bits per heavy atom. The highest BCUT2D eigenvalue weighted by molar-refractivity contribution is 7.89. The number of nitrogens with zero attached hydrogens (tertiary/aromatic N) is 1. The number of nitrogens with one attached hydrogen (secondary N) is 1. The summed E-state index contributed by atoms with van der Waals surface area (Å²) in [6.45, 7) is 0.803. The van der Waals surface area contributed by atoms with Crippen LogP contribution in [0.25, 0.3) is 0 Å². The predicted molar refractivity (Wildman–Crippen MR) is 115 cm³/mol. The van der Waals surface area contributed by atoms with Crippen LogP contribution < -0.4 is 10.1 Å². The lowest BCUT2D eigenvalue weighted by Crippen LogP contribution is -2.35. The first-order valence-electron chi connectivity index (χ1n) is 9.60. The van der Waals surface area contributed by atoms with Gasteiger partial charge in [-0.05, 0) is 66.1 Å². The summed E-state index contributed by atoms with van der Waals surface area (Å²) in [5.74, 6) is 0.388. The molecule has 0 atom stereocenters. The van der Waals surface area contributed by atoms with E-state index in [1.807, 2.05) is 24.3 Å². The molecule has 1 amide bonds. The van der Waals surface area contributed by atoms with Crippen molar-refractivity contribution in [1.82, 2.24) is 4.31 Å². The Balaban J connectivity index is 1.47. The van der Waals surface area contributed by atoms with Crippen molar-refractivity contribution in [3.8, 4) is 5.75 Å². The van der Waals surface area contributed by atoms with Crippen molar-refractivity contribution in [2.75, 3.05) is 19.0 Å². The number of hydrogen-bond donors (Lipinski definition) is 1. The van der Waals surface area contributed by atoms with Crippen molar-refractivity contribution in [3.05, 3.63) is 89.5 Å². The van der Waals surface area contributed by atoms with E-state index in [0.717, 1.165) is 5.56 Å². The second-order valence-electron chi connectivity index (χ2n) is 7.06. The van der Waals surface area contributed by atoms with Crippen molar-refractivity contribution in [1.29, 1.82) is 0 Å². The van der Waals surface area contributed by atoms with Crippen molar-refractivity contribution >= 4 is 21.6 Å². The van der Waals surface area contributed by atoms with Crippen LogP contribution in [0.15, 0.2) is 77.7 Å². The molecule has 7 heteroatoms. The lowest BCUT2D eigenvalue weighted by Gasteiger charge is -2.28. The maximum atomic E-state index is 13.0. The smallest absolute Gasteiger partial charge is 0.255 e. The molecule has 0 bridgehead atoms. The average Bonchev–Trinajstić information content (AvgIpc) is 2.79. The van der Waals surface area contributed by atoms with Crippen molar-refractivity contribution < 1.29 is 17.9 Å². The topological polar surface area (TPSA) is 75.7 Å². The Bertz CT molecular complexity index is 1160. The largest absolute Gasteiger partial charge is 0.497 e. The number of hydrogen-bond acceptors (Lipinski definition) is 4. The van der Waals surface area contributed by atoms with E-state index >= 15 is 0 Å². The number of ether oxygens (including phenoxy) is 1. The second kappa shape index (κ2) is 8.30. The van der Waals surface area contributed by atoms with E-state index in [-0.39, 0.29) is 10.8 Å². The molecule has 0 saturated carbocycles. The normalized spacial score (nSPS) is 14.0. The minimum Gasteiger partial charge on any atom is -0.497 e. The standard InChI is InChI=1S/C23H22N2O4S/c1-29-21-10-8-20(9-11-21)24-23(26)18-6-12-22(13-7-18)30(27,28)25-15-14-17-4-2-3-5-19(17)16-25/h2-13H,14-16H2,1H3,(H,24,26). The number of rotatable bonds is 5. The quantitative estimate of drug-likeness (QED) is 0.680. The highest BCUT2D eigenvalue weighted by atomic mass is 32.2. The summed E-state index contributed by atoms with van der Waals surface area (Å²) < 4.78 is 32.7. The summed E-state index contributed by atoms with van der Waals surface area (Å²) in [7, 11) is -2.05. The maximum Gasteiger partial charge on any atom is 0.255 e. The van der Waals surface area contributed by atoms with Crippen LogP contribution >= 0.6 is 0 Å². The molecule has 6 nitrogen and oxygen atoms in total. The summed E-state index contributed by atoms with van der Waals surface area (Å²) >= 11 is 0. The van der Waals surface area contributed by atoms with Gasteiger partial charge in [-0.25, -0.2) is 8.42 Å². The fourth-order valence-electron chi connectivity index (χ4n) is 3.48. The fourth-order valence-corrected chi connectivity index (χ4v) is 4.90. The number of carbonyl (C=O) groups excluding carboxylic acids is 1.